The van der Waals surface area contributed by atoms with E-state index in [2.05, 4.69) is 289 Å². The van der Waals surface area contributed by atoms with E-state index in [4.69, 9.17) is 9.72 Å². The molecular weight excluding hydrogens is 939 g/mol. The lowest BCUT2D eigenvalue weighted by atomic mass is 9.87. The van der Waals surface area contributed by atoms with Crippen LogP contribution in [0.2, 0.25) is 0 Å². The fourth-order valence-corrected chi connectivity index (χ4v) is 11.7. The van der Waals surface area contributed by atoms with Crippen LogP contribution in [0.4, 0.5) is 22.7 Å². The van der Waals surface area contributed by atoms with E-state index in [0.717, 1.165) is 78.4 Å². The highest BCUT2D eigenvalue weighted by Crippen LogP contribution is 2.50. The summed E-state index contributed by atoms with van der Waals surface area (Å²) in [5.74, 6) is 2.34. The van der Waals surface area contributed by atoms with Crippen molar-refractivity contribution in [2.24, 2.45) is 0 Å². The summed E-state index contributed by atoms with van der Waals surface area (Å²) < 4.78 is 11.6. The Morgan fingerprint density at radius 3 is 1.78 bits per heavy atom. The molecule has 0 radical (unpaired) electrons. The maximum atomic E-state index is 6.93. The maximum Gasteiger partial charge on any atom is 0.137 e. The quantitative estimate of drug-likeness (QED) is 0.144. The minimum atomic E-state index is 0.00922. The number of aromatic nitrogens is 3. The molecule has 6 nitrogen and oxygen atoms in total. The summed E-state index contributed by atoms with van der Waals surface area (Å²) in [6.07, 6.45) is 2.04. The van der Waals surface area contributed by atoms with Crippen LogP contribution in [0.25, 0.3) is 88.5 Å². The zero-order valence-electron chi connectivity index (χ0n) is 43.5. The summed E-state index contributed by atoms with van der Waals surface area (Å²) in [5, 5.41) is 4.77. The molecule has 10 aromatic carbocycles. The van der Waals surface area contributed by atoms with Gasteiger partial charge in [0.15, 0.2) is 0 Å². The minimum absolute atomic E-state index is 0.00922. The summed E-state index contributed by atoms with van der Waals surface area (Å²) in [6, 6.07) is 87.2. The highest BCUT2D eigenvalue weighted by molar-refractivity contribution is 6.11. The number of nitrogens with zero attached hydrogens (tertiary/aromatic N) is 5. The van der Waals surface area contributed by atoms with Crippen molar-refractivity contribution in [1.82, 2.24) is 14.1 Å². The third-order valence-electron chi connectivity index (χ3n) is 15.5. The zero-order valence-corrected chi connectivity index (χ0v) is 43.5. The molecule has 0 unspecified atom stereocenters. The third-order valence-corrected chi connectivity index (χ3v) is 15.5. The van der Waals surface area contributed by atoms with E-state index in [-0.39, 0.29) is 5.41 Å². The fourth-order valence-electron chi connectivity index (χ4n) is 11.7. The van der Waals surface area contributed by atoms with Gasteiger partial charge in [0.1, 0.15) is 24.0 Å². The molecule has 0 saturated heterocycles. The molecule has 1 aliphatic rings. The van der Waals surface area contributed by atoms with Gasteiger partial charge in [0, 0.05) is 68.1 Å². The number of anilines is 4. The second-order valence-corrected chi connectivity index (χ2v) is 21.3. The first-order valence-electron chi connectivity index (χ1n) is 26.5. The molecule has 0 fully saturated rings. The van der Waals surface area contributed by atoms with Crippen LogP contribution in [0.1, 0.15) is 31.9 Å². The molecule has 14 rings (SSSR count). The van der Waals surface area contributed by atoms with E-state index < -0.39 is 0 Å². The molecule has 0 amide bonds. The van der Waals surface area contributed by atoms with E-state index in [1.165, 1.54) is 55.4 Å². The standard InChI is InChI=1S/C71H55N5O/c1-47-39-69(72-45-63(47)51-23-15-27-55(40-51)75-64-32-13-11-29-59(64)60-30-12-14-33-65(60)75)76-66-38-35-50(48-19-7-5-8-20-48)41-62(66)61-37-36-57(44-68(61)76)77-56-28-17-26-54(43-56)73-46-74(53-25-16-24-52(42-53)71(2,3)4)70-58(31-18-34-67(70)73)49-21-9-6-10-22-49/h5-45H,46H2,1-4H3. The predicted octanol–water partition coefficient (Wildman–Crippen LogP) is 18.9. The smallest absolute Gasteiger partial charge is 0.137 e. The second kappa shape index (κ2) is 18.3. The molecule has 77 heavy (non-hydrogen) atoms. The maximum absolute atomic E-state index is 6.93. The minimum Gasteiger partial charge on any atom is -0.457 e. The van der Waals surface area contributed by atoms with Gasteiger partial charge in [-0.1, -0.05) is 166 Å². The lowest BCUT2D eigenvalue weighted by Gasteiger charge is -2.26. The Hall–Kier alpha value is -9.65. The van der Waals surface area contributed by atoms with Crippen molar-refractivity contribution in [2.75, 3.05) is 16.5 Å². The predicted molar refractivity (Wildman–Crippen MR) is 321 cm³/mol. The third kappa shape index (κ3) is 8.00. The highest BCUT2D eigenvalue weighted by Gasteiger charge is 2.32. The van der Waals surface area contributed by atoms with Crippen LogP contribution in [-0.4, -0.2) is 20.8 Å². The lowest BCUT2D eigenvalue weighted by Crippen LogP contribution is -2.24. The van der Waals surface area contributed by atoms with E-state index in [0.29, 0.717) is 6.67 Å². The fraction of sp³-hybridized carbons (Fsp3) is 0.0845. The van der Waals surface area contributed by atoms with Gasteiger partial charge in [0.2, 0.25) is 0 Å². The average Bonchev–Trinajstić information content (AvgIpc) is 4.27. The SMILES string of the molecule is Cc1cc(-n2c3ccc(-c4ccccc4)cc3c3ccc(Oc4cccc(N5CN(c6cccc(C(C)(C)C)c6)c6c(-c7ccccc7)cccc65)c4)cc32)ncc1-c1cccc(-n2c3ccccc3c3ccccc32)c1. The van der Waals surface area contributed by atoms with Crippen LogP contribution in [0.3, 0.4) is 0 Å². The van der Waals surface area contributed by atoms with E-state index in [1.54, 1.807) is 0 Å². The van der Waals surface area contributed by atoms with Crippen LogP contribution in [0.5, 0.6) is 11.5 Å². The first-order valence-corrected chi connectivity index (χ1v) is 26.5. The molecule has 0 N–H and O–H groups in total. The largest absolute Gasteiger partial charge is 0.457 e. The number of hydrogen-bond donors (Lipinski definition) is 0. The number of fused-ring (bicyclic) bond motifs is 7. The van der Waals surface area contributed by atoms with Gasteiger partial charge >= 0.3 is 0 Å². The highest BCUT2D eigenvalue weighted by atomic mass is 16.5. The molecule has 3 aromatic heterocycles. The van der Waals surface area contributed by atoms with E-state index in [1.807, 2.05) is 6.20 Å². The Labute approximate surface area is 448 Å². The summed E-state index contributed by atoms with van der Waals surface area (Å²) in [7, 11) is 0. The number of ether oxygens (including phenoxy) is 1. The van der Waals surface area contributed by atoms with Crippen LogP contribution in [-0.2, 0) is 5.41 Å². The molecule has 4 heterocycles. The topological polar surface area (TPSA) is 38.5 Å². The Kier molecular flexibility index (Phi) is 10.9. The van der Waals surface area contributed by atoms with Gasteiger partial charge in [0.05, 0.1) is 33.4 Å². The molecule has 0 bridgehead atoms. The Balaban J connectivity index is 0.842. The monoisotopic (exact) mass is 993 g/mol. The second-order valence-electron chi connectivity index (χ2n) is 21.3. The van der Waals surface area contributed by atoms with E-state index >= 15 is 0 Å². The molecule has 0 spiro atoms. The number of pyridine rings is 1. The van der Waals surface area contributed by atoms with Gasteiger partial charge < -0.3 is 19.1 Å². The number of hydrogen-bond acceptors (Lipinski definition) is 4. The number of aryl methyl sites for hydroxylation is 1. The van der Waals surface area contributed by atoms with Gasteiger partial charge in [-0.15, -0.1) is 0 Å². The molecule has 13 aromatic rings. The van der Waals surface area contributed by atoms with Crippen molar-refractivity contribution >= 4 is 66.4 Å². The van der Waals surface area contributed by atoms with Crippen molar-refractivity contribution in [3.63, 3.8) is 0 Å². The van der Waals surface area contributed by atoms with Crippen molar-refractivity contribution in [3.8, 4) is 56.4 Å². The van der Waals surface area contributed by atoms with Gasteiger partial charge in [0.25, 0.3) is 0 Å². The van der Waals surface area contributed by atoms with Crippen molar-refractivity contribution < 1.29 is 4.74 Å². The van der Waals surface area contributed by atoms with Crippen molar-refractivity contribution in [1.29, 1.82) is 0 Å². The molecule has 0 aliphatic carbocycles. The summed E-state index contributed by atoms with van der Waals surface area (Å²) in [6.45, 7) is 9.67. The van der Waals surface area contributed by atoms with Gasteiger partial charge in [-0.05, 0) is 131 Å². The molecular formula is C71H55N5O. The van der Waals surface area contributed by atoms with Crippen molar-refractivity contribution in [3.05, 3.63) is 260 Å². The summed E-state index contributed by atoms with van der Waals surface area (Å²) in [5.41, 5.74) is 19.5. The molecule has 6 heteroatoms. The Morgan fingerprint density at radius 2 is 1.03 bits per heavy atom. The Morgan fingerprint density at radius 1 is 0.403 bits per heavy atom. The lowest BCUT2D eigenvalue weighted by molar-refractivity contribution is 0.483. The van der Waals surface area contributed by atoms with Gasteiger partial charge in [-0.25, -0.2) is 4.98 Å². The summed E-state index contributed by atoms with van der Waals surface area (Å²) >= 11 is 0. The summed E-state index contributed by atoms with van der Waals surface area (Å²) in [4.78, 5) is 10.2. The van der Waals surface area contributed by atoms with Crippen LogP contribution >= 0.6 is 0 Å². The van der Waals surface area contributed by atoms with Gasteiger partial charge in [-0.3, -0.25) is 4.57 Å². The van der Waals surface area contributed by atoms with Crippen molar-refractivity contribution in [2.45, 2.75) is 33.1 Å². The number of rotatable bonds is 9. The number of para-hydroxylation sites is 3. The molecule has 0 atom stereocenters. The molecule has 1 aliphatic heterocycles. The zero-order chi connectivity index (χ0) is 51.8. The Bertz CT molecular complexity index is 4360. The van der Waals surface area contributed by atoms with Gasteiger partial charge in [-0.2, -0.15) is 0 Å². The molecule has 370 valence electrons. The van der Waals surface area contributed by atoms with Crippen LogP contribution < -0.4 is 14.5 Å². The van der Waals surface area contributed by atoms with Crippen LogP contribution in [0.15, 0.2) is 249 Å². The first-order chi connectivity index (χ1) is 37.7. The first kappa shape index (κ1) is 45.9. The average molecular weight is 994 g/mol. The normalized spacial score (nSPS) is 12.6. The number of benzene rings is 10. The van der Waals surface area contributed by atoms with Crippen LogP contribution in [0, 0.1) is 6.92 Å². The van der Waals surface area contributed by atoms with E-state index in [9.17, 15) is 0 Å². The molecule has 0 saturated carbocycles.